The molecule has 0 spiro atoms. The van der Waals surface area contributed by atoms with Crippen LogP contribution in [0.15, 0.2) is 0 Å². The van der Waals surface area contributed by atoms with E-state index in [2.05, 4.69) is 4.74 Å². The Morgan fingerprint density at radius 1 is 1.09 bits per heavy atom. The fourth-order valence-corrected chi connectivity index (χ4v) is 0.967. The molecule has 0 N–H and O–H groups in total. The van der Waals surface area contributed by atoms with Crippen LogP contribution in [0.25, 0.3) is 0 Å². The van der Waals surface area contributed by atoms with Gasteiger partial charge in [0, 0.05) is 0 Å². The molecule has 6 heteroatoms. The standard InChI is InChI=1S/C5H7F4NO/c1-10-2-4(6,7)11-5(8,9)3-10/h2-3H2,1H3. The van der Waals surface area contributed by atoms with Crippen molar-refractivity contribution in [1.29, 1.82) is 0 Å². The zero-order valence-electron chi connectivity index (χ0n) is 5.78. The number of ether oxygens (including phenoxy) is 1. The molecule has 1 aliphatic rings. The normalized spacial score (nSPS) is 30.3. The summed E-state index contributed by atoms with van der Waals surface area (Å²) < 4.78 is 52.0. The summed E-state index contributed by atoms with van der Waals surface area (Å²) >= 11 is 0. The molecule has 1 aliphatic heterocycles. The van der Waals surface area contributed by atoms with Gasteiger partial charge in [-0.15, -0.1) is 0 Å². The Bertz CT molecular complexity index is 145. The first-order valence-electron chi connectivity index (χ1n) is 2.95. The molecule has 0 aliphatic carbocycles. The molecule has 0 saturated carbocycles. The Morgan fingerprint density at radius 3 is 1.73 bits per heavy atom. The highest BCUT2D eigenvalue weighted by molar-refractivity contribution is 4.73. The fraction of sp³-hybridized carbons (Fsp3) is 1.00. The van der Waals surface area contributed by atoms with Crippen molar-refractivity contribution in [2.24, 2.45) is 0 Å². The van der Waals surface area contributed by atoms with Crippen molar-refractivity contribution in [2.45, 2.75) is 12.2 Å². The highest BCUT2D eigenvalue weighted by atomic mass is 19.3. The molecule has 0 aromatic carbocycles. The van der Waals surface area contributed by atoms with Crippen LogP contribution >= 0.6 is 0 Å². The summed E-state index contributed by atoms with van der Waals surface area (Å²) in [7, 11) is 1.18. The van der Waals surface area contributed by atoms with E-state index in [1.54, 1.807) is 0 Å². The van der Waals surface area contributed by atoms with Crippen LogP contribution in [0.1, 0.15) is 0 Å². The first-order valence-corrected chi connectivity index (χ1v) is 2.95. The maximum atomic E-state index is 12.2. The van der Waals surface area contributed by atoms with Crippen LogP contribution in [0.5, 0.6) is 0 Å². The van der Waals surface area contributed by atoms with E-state index in [4.69, 9.17) is 0 Å². The zero-order chi connectivity index (χ0) is 8.70. The molecule has 0 aromatic heterocycles. The predicted molar refractivity (Wildman–Crippen MR) is 28.5 cm³/mol. The van der Waals surface area contributed by atoms with Crippen LogP contribution < -0.4 is 0 Å². The van der Waals surface area contributed by atoms with Gasteiger partial charge >= 0.3 is 12.2 Å². The van der Waals surface area contributed by atoms with Crippen LogP contribution in [0.2, 0.25) is 0 Å². The third-order valence-electron chi connectivity index (χ3n) is 1.21. The minimum atomic E-state index is -3.74. The summed E-state index contributed by atoms with van der Waals surface area (Å²) in [5.74, 6) is 0. The second kappa shape index (κ2) is 2.31. The van der Waals surface area contributed by atoms with Crippen LogP contribution in [0.4, 0.5) is 17.6 Å². The van der Waals surface area contributed by atoms with E-state index in [0.29, 0.717) is 0 Å². The summed E-state index contributed by atoms with van der Waals surface area (Å²) in [4.78, 5) is 0.823. The molecule has 0 amide bonds. The van der Waals surface area contributed by atoms with Gasteiger partial charge in [-0.1, -0.05) is 0 Å². The Hall–Kier alpha value is -0.360. The van der Waals surface area contributed by atoms with Crippen molar-refractivity contribution in [3.05, 3.63) is 0 Å². The second-order valence-electron chi connectivity index (χ2n) is 2.55. The second-order valence-corrected chi connectivity index (χ2v) is 2.55. The lowest BCUT2D eigenvalue weighted by molar-refractivity contribution is -0.403. The highest BCUT2D eigenvalue weighted by Gasteiger charge is 2.50. The summed E-state index contributed by atoms with van der Waals surface area (Å²) in [5.41, 5.74) is 0. The van der Waals surface area contributed by atoms with E-state index in [9.17, 15) is 17.6 Å². The van der Waals surface area contributed by atoms with Crippen molar-refractivity contribution in [2.75, 3.05) is 20.1 Å². The Balaban J connectivity index is 2.66. The Labute approximate surface area is 60.7 Å². The van der Waals surface area contributed by atoms with E-state index in [0.717, 1.165) is 4.90 Å². The van der Waals surface area contributed by atoms with Gasteiger partial charge in [0.2, 0.25) is 0 Å². The van der Waals surface area contributed by atoms with Gasteiger partial charge < -0.3 is 0 Å². The highest BCUT2D eigenvalue weighted by Crippen LogP contribution is 2.32. The van der Waals surface area contributed by atoms with E-state index in [1.807, 2.05) is 0 Å². The lowest BCUT2D eigenvalue weighted by Crippen LogP contribution is -2.53. The first kappa shape index (κ1) is 8.73. The number of rotatable bonds is 0. The summed E-state index contributed by atoms with van der Waals surface area (Å²) in [6.07, 6.45) is -7.48. The molecule has 0 unspecified atom stereocenters. The molecule has 66 valence electrons. The van der Waals surface area contributed by atoms with Gasteiger partial charge in [-0.3, -0.25) is 9.64 Å². The van der Waals surface area contributed by atoms with Crippen molar-refractivity contribution in [3.63, 3.8) is 0 Å². The maximum Gasteiger partial charge on any atom is 0.372 e. The Kier molecular flexibility index (Phi) is 1.84. The molecule has 0 radical (unpaired) electrons. The molecule has 2 nitrogen and oxygen atoms in total. The smallest absolute Gasteiger partial charge is 0.290 e. The summed E-state index contributed by atoms with van der Waals surface area (Å²) in [6.45, 7) is -1.58. The molecule has 1 fully saturated rings. The van der Waals surface area contributed by atoms with Crippen LogP contribution in [-0.2, 0) is 4.74 Å². The van der Waals surface area contributed by atoms with E-state index >= 15 is 0 Å². The van der Waals surface area contributed by atoms with Gasteiger partial charge in [-0.25, -0.2) is 0 Å². The van der Waals surface area contributed by atoms with Crippen LogP contribution in [0.3, 0.4) is 0 Å². The first-order chi connectivity index (χ1) is 4.81. The fourth-order valence-electron chi connectivity index (χ4n) is 0.967. The SMILES string of the molecule is CN1CC(F)(F)OC(F)(F)C1. The predicted octanol–water partition coefficient (Wildman–Crippen LogP) is 1.13. The number of alkyl halides is 4. The quantitative estimate of drug-likeness (QED) is 0.509. The monoisotopic (exact) mass is 173 g/mol. The lowest BCUT2D eigenvalue weighted by atomic mass is 10.4. The van der Waals surface area contributed by atoms with Gasteiger partial charge in [0.05, 0.1) is 13.1 Å². The van der Waals surface area contributed by atoms with Crippen LogP contribution in [0, 0.1) is 0 Å². The van der Waals surface area contributed by atoms with Gasteiger partial charge in [-0.05, 0) is 7.05 Å². The minimum absolute atomic E-state index is 0.789. The van der Waals surface area contributed by atoms with Gasteiger partial charge in [0.25, 0.3) is 0 Å². The lowest BCUT2D eigenvalue weighted by Gasteiger charge is -2.34. The molecule has 1 heterocycles. The van der Waals surface area contributed by atoms with E-state index in [-0.39, 0.29) is 0 Å². The number of hydrogen-bond acceptors (Lipinski definition) is 2. The molecular weight excluding hydrogens is 166 g/mol. The van der Waals surface area contributed by atoms with Crippen molar-refractivity contribution >= 4 is 0 Å². The van der Waals surface area contributed by atoms with Gasteiger partial charge in [0.1, 0.15) is 0 Å². The molecule has 1 rings (SSSR count). The third-order valence-corrected chi connectivity index (χ3v) is 1.21. The molecular formula is C5H7F4NO. The molecule has 0 atom stereocenters. The summed E-state index contributed by atoms with van der Waals surface area (Å²) in [5, 5.41) is 0. The Morgan fingerprint density at radius 2 is 1.45 bits per heavy atom. The largest absolute Gasteiger partial charge is 0.372 e. The molecule has 0 bridgehead atoms. The summed E-state index contributed by atoms with van der Waals surface area (Å²) in [6, 6.07) is 0. The maximum absolute atomic E-state index is 12.2. The number of halogens is 4. The number of hydrogen-bond donors (Lipinski definition) is 0. The van der Waals surface area contributed by atoms with E-state index < -0.39 is 25.3 Å². The molecule has 0 aromatic rings. The van der Waals surface area contributed by atoms with Gasteiger partial charge in [0.15, 0.2) is 0 Å². The average Bonchev–Trinajstić information content (AvgIpc) is 1.49. The molecule has 1 saturated heterocycles. The minimum Gasteiger partial charge on any atom is -0.290 e. The topological polar surface area (TPSA) is 12.5 Å². The van der Waals surface area contributed by atoms with Crippen molar-refractivity contribution < 1.29 is 22.3 Å². The zero-order valence-corrected chi connectivity index (χ0v) is 5.78. The molecule has 11 heavy (non-hydrogen) atoms. The average molecular weight is 173 g/mol. The number of likely N-dealkylation sites (N-methyl/N-ethyl adjacent to an activating group) is 1. The van der Waals surface area contributed by atoms with Gasteiger partial charge in [-0.2, -0.15) is 17.6 Å². The van der Waals surface area contributed by atoms with E-state index in [1.165, 1.54) is 7.05 Å². The van der Waals surface area contributed by atoms with Crippen molar-refractivity contribution in [1.82, 2.24) is 4.90 Å². The van der Waals surface area contributed by atoms with Crippen molar-refractivity contribution in [3.8, 4) is 0 Å². The third kappa shape index (κ3) is 2.30. The number of nitrogens with zero attached hydrogens (tertiary/aromatic N) is 1. The number of morpholine rings is 1. The van der Waals surface area contributed by atoms with Crippen LogP contribution in [-0.4, -0.2) is 37.3 Å².